The molecule has 2 aliphatic rings. The predicted molar refractivity (Wildman–Crippen MR) is 154 cm³/mol. The molecule has 2 amide bonds. The third kappa shape index (κ3) is 7.11. The van der Waals surface area contributed by atoms with E-state index >= 15 is 0 Å². The minimum Gasteiger partial charge on any atom is -0.405 e. The Morgan fingerprint density at radius 2 is 1.67 bits per heavy atom. The van der Waals surface area contributed by atoms with E-state index in [0.717, 1.165) is 10.4 Å². The molecular formula is C30H34F3N3O6Si. The van der Waals surface area contributed by atoms with E-state index in [2.05, 4.69) is 37.9 Å². The van der Waals surface area contributed by atoms with Crippen LogP contribution in [0.1, 0.15) is 27.2 Å². The van der Waals surface area contributed by atoms with Gasteiger partial charge in [-0.05, 0) is 15.4 Å². The molecule has 13 heteroatoms. The number of nitrogens with one attached hydrogen (secondary N) is 2. The van der Waals surface area contributed by atoms with Crippen molar-refractivity contribution in [2.75, 3.05) is 13.2 Å². The number of aliphatic hydroxyl groups excluding tert-OH is 2. The van der Waals surface area contributed by atoms with Crippen molar-refractivity contribution in [2.45, 2.75) is 63.2 Å². The molecule has 9 nitrogen and oxygen atoms in total. The molecule has 1 saturated heterocycles. The van der Waals surface area contributed by atoms with E-state index in [1.54, 1.807) is 5.32 Å². The van der Waals surface area contributed by atoms with Crippen molar-refractivity contribution in [3.05, 3.63) is 72.4 Å². The molecular weight excluding hydrogens is 583 g/mol. The maximum atomic E-state index is 12.4. The van der Waals surface area contributed by atoms with Gasteiger partial charge in [0.25, 0.3) is 14.2 Å². The third-order valence-corrected chi connectivity index (χ3v) is 12.3. The summed E-state index contributed by atoms with van der Waals surface area (Å²) in [6.45, 7) is 5.79. The number of halogens is 3. The predicted octanol–water partition coefficient (Wildman–Crippen LogP) is 1.31. The smallest absolute Gasteiger partial charge is 0.405 e. The summed E-state index contributed by atoms with van der Waals surface area (Å²) in [7, 11) is -2.92. The zero-order chi connectivity index (χ0) is 31.4. The molecule has 0 saturated carbocycles. The van der Waals surface area contributed by atoms with Gasteiger partial charge in [0, 0.05) is 12.6 Å². The van der Waals surface area contributed by atoms with Gasteiger partial charge in [-0.1, -0.05) is 93.3 Å². The fraction of sp³-hybridized carbons (Fsp3) is 0.400. The highest BCUT2D eigenvalue weighted by Crippen LogP contribution is 2.37. The van der Waals surface area contributed by atoms with Gasteiger partial charge >= 0.3 is 12.1 Å². The lowest BCUT2D eigenvalue weighted by molar-refractivity contribution is -0.173. The SMILES string of the molecule is CC(C)(C)[Si](OC[C@H]1O[C@@H](N2C=C(C#CCNC(=O)C(F)(F)F)C(=O)NC2O)CC1O)(c1ccccc1)c1ccccc1. The first-order valence-electron chi connectivity index (χ1n) is 13.6. The van der Waals surface area contributed by atoms with E-state index in [0.29, 0.717) is 0 Å². The van der Waals surface area contributed by atoms with Crippen LogP contribution in [0.5, 0.6) is 0 Å². The lowest BCUT2D eigenvalue weighted by atomic mass is 10.1. The van der Waals surface area contributed by atoms with Crippen LogP contribution >= 0.6 is 0 Å². The second-order valence-corrected chi connectivity index (χ2v) is 15.5. The highest BCUT2D eigenvalue weighted by Gasteiger charge is 2.51. The molecule has 2 aromatic rings. The highest BCUT2D eigenvalue weighted by molar-refractivity contribution is 6.99. The van der Waals surface area contributed by atoms with E-state index in [1.807, 2.05) is 60.7 Å². The molecule has 1 fully saturated rings. The number of carbonyl (C=O) groups excluding carboxylic acids is 2. The number of aliphatic hydroxyl groups is 2. The number of hydrogen-bond donors (Lipinski definition) is 4. The van der Waals surface area contributed by atoms with E-state index in [-0.39, 0.29) is 23.6 Å². The van der Waals surface area contributed by atoms with Gasteiger partial charge < -0.3 is 34.9 Å². The first kappa shape index (κ1) is 32.2. The maximum absolute atomic E-state index is 12.4. The van der Waals surface area contributed by atoms with E-state index in [4.69, 9.17) is 9.16 Å². The molecule has 43 heavy (non-hydrogen) atoms. The second-order valence-electron chi connectivity index (χ2n) is 11.2. The Kier molecular flexibility index (Phi) is 9.68. The van der Waals surface area contributed by atoms with Crippen molar-refractivity contribution >= 4 is 30.5 Å². The number of alkyl halides is 3. The van der Waals surface area contributed by atoms with Gasteiger partial charge in [0.1, 0.15) is 17.9 Å². The van der Waals surface area contributed by atoms with Crippen LogP contribution in [-0.4, -0.2) is 79.4 Å². The number of rotatable bonds is 7. The molecule has 2 unspecified atom stereocenters. The number of ether oxygens (including phenoxy) is 1. The molecule has 4 rings (SSSR count). The Hall–Kier alpha value is -3.67. The Balaban J connectivity index is 1.52. The topological polar surface area (TPSA) is 120 Å². The number of carbonyl (C=O) groups is 2. The fourth-order valence-electron chi connectivity index (χ4n) is 5.26. The lowest BCUT2D eigenvalue weighted by Gasteiger charge is -2.43. The summed E-state index contributed by atoms with van der Waals surface area (Å²) in [5.74, 6) is 1.78. The van der Waals surface area contributed by atoms with Crippen molar-refractivity contribution in [1.29, 1.82) is 0 Å². The standard InChI is InChI=1S/C30H34F3N3O6Si/c1-29(2,3)43(21-12-6-4-7-13-21,22-14-8-5-9-15-22)41-19-24-23(37)17-25(42-24)36-18-20(26(38)35-28(36)40)11-10-16-34-27(39)30(31,32)33/h4-9,12-15,18,23-25,28,37,40H,16-17,19H2,1-3H3,(H,34,39)(H,35,38)/t23?,24-,25-,28?/m1/s1. The van der Waals surface area contributed by atoms with Gasteiger partial charge in [0.2, 0.25) is 6.35 Å². The van der Waals surface area contributed by atoms with Gasteiger partial charge in [-0.25, -0.2) is 0 Å². The molecule has 0 aromatic heterocycles. The summed E-state index contributed by atoms with van der Waals surface area (Å²) in [5, 5.41) is 27.2. The number of hydrogen-bond acceptors (Lipinski definition) is 7. The van der Waals surface area contributed by atoms with Crippen LogP contribution in [0.4, 0.5) is 13.2 Å². The highest BCUT2D eigenvalue weighted by atomic mass is 28.4. The fourth-order valence-corrected chi connectivity index (χ4v) is 9.83. The van der Waals surface area contributed by atoms with Gasteiger partial charge in [-0.3, -0.25) is 9.59 Å². The zero-order valence-corrected chi connectivity index (χ0v) is 24.9. The Bertz CT molecular complexity index is 1350. The van der Waals surface area contributed by atoms with Crippen LogP contribution in [0.25, 0.3) is 0 Å². The molecule has 0 aliphatic carbocycles. The lowest BCUT2D eigenvalue weighted by Crippen LogP contribution is -2.67. The van der Waals surface area contributed by atoms with Crippen LogP contribution < -0.4 is 21.0 Å². The molecule has 2 aliphatic heterocycles. The van der Waals surface area contributed by atoms with Crippen LogP contribution in [0.3, 0.4) is 0 Å². The van der Waals surface area contributed by atoms with Gasteiger partial charge in [0.05, 0.1) is 19.3 Å². The molecule has 4 N–H and O–H groups in total. The maximum Gasteiger partial charge on any atom is 0.471 e. The van der Waals surface area contributed by atoms with Gasteiger partial charge in [-0.15, -0.1) is 0 Å². The van der Waals surface area contributed by atoms with E-state index < -0.39 is 57.6 Å². The summed E-state index contributed by atoms with van der Waals surface area (Å²) >= 11 is 0. The molecule has 0 spiro atoms. The van der Waals surface area contributed by atoms with Crippen LogP contribution in [-0.2, 0) is 18.8 Å². The Labute approximate surface area is 248 Å². The molecule has 2 heterocycles. The summed E-state index contributed by atoms with van der Waals surface area (Å²) in [6.07, 6.45) is -7.88. The van der Waals surface area contributed by atoms with Crippen molar-refractivity contribution in [2.24, 2.45) is 0 Å². The molecule has 230 valence electrons. The number of amides is 2. The number of nitrogens with zero attached hydrogens (tertiary/aromatic N) is 1. The minimum absolute atomic E-state index is 0.0521. The second kappa shape index (κ2) is 12.9. The van der Waals surface area contributed by atoms with Crippen LogP contribution in [0.2, 0.25) is 5.04 Å². The first-order valence-corrected chi connectivity index (χ1v) is 15.6. The molecule has 0 radical (unpaired) electrons. The normalized spacial score (nSPS) is 22.7. The van der Waals surface area contributed by atoms with Gasteiger partial charge in [-0.2, -0.15) is 13.2 Å². The largest absolute Gasteiger partial charge is 0.471 e. The van der Waals surface area contributed by atoms with E-state index in [1.165, 1.54) is 11.1 Å². The molecule has 2 aromatic carbocycles. The average molecular weight is 618 g/mol. The van der Waals surface area contributed by atoms with Gasteiger partial charge in [0.15, 0.2) is 0 Å². The minimum atomic E-state index is -5.05. The van der Waals surface area contributed by atoms with E-state index in [9.17, 15) is 33.0 Å². The first-order chi connectivity index (χ1) is 20.2. The quantitative estimate of drug-likeness (QED) is 0.273. The van der Waals surface area contributed by atoms with Crippen molar-refractivity contribution in [3.8, 4) is 11.8 Å². The monoisotopic (exact) mass is 617 g/mol. The Morgan fingerprint density at radius 3 is 2.21 bits per heavy atom. The summed E-state index contributed by atoms with van der Waals surface area (Å²) in [4.78, 5) is 24.5. The van der Waals surface area contributed by atoms with Crippen LogP contribution in [0.15, 0.2) is 72.4 Å². The zero-order valence-electron chi connectivity index (χ0n) is 23.9. The molecule has 4 atom stereocenters. The summed E-state index contributed by atoms with van der Waals surface area (Å²) < 4.78 is 50.1. The third-order valence-electron chi connectivity index (χ3n) is 7.30. The summed E-state index contributed by atoms with van der Waals surface area (Å²) in [5.41, 5.74) is -0.170. The van der Waals surface area contributed by atoms with Crippen LogP contribution in [0, 0.1) is 11.8 Å². The molecule has 0 bridgehead atoms. The summed E-state index contributed by atoms with van der Waals surface area (Å²) in [6, 6.07) is 20.0. The van der Waals surface area contributed by atoms with Crippen molar-refractivity contribution in [3.63, 3.8) is 0 Å². The Morgan fingerprint density at radius 1 is 1.09 bits per heavy atom. The average Bonchev–Trinajstić information content (AvgIpc) is 3.32. The van der Waals surface area contributed by atoms with Crippen molar-refractivity contribution < 1.29 is 42.1 Å². The number of benzene rings is 2. The van der Waals surface area contributed by atoms with Crippen molar-refractivity contribution in [1.82, 2.24) is 15.5 Å².